The number of benzene rings is 1. The number of carbonyl (C=O) groups excluding carboxylic acids is 1. The van der Waals surface area contributed by atoms with Crippen LogP contribution in [0.25, 0.3) is 0 Å². The first-order valence-corrected chi connectivity index (χ1v) is 8.65. The maximum atomic E-state index is 12.2. The lowest BCUT2D eigenvalue weighted by atomic mass is 10.1. The molecule has 112 valence electrons. The maximum absolute atomic E-state index is 12.2. The van der Waals surface area contributed by atoms with Gasteiger partial charge < -0.3 is 11.1 Å². The largest absolute Gasteiger partial charge is 0.398 e. The van der Waals surface area contributed by atoms with Gasteiger partial charge in [0.05, 0.1) is 10.6 Å². The molecule has 1 unspecified atom stereocenters. The third-order valence-corrected chi connectivity index (χ3v) is 5.19. The lowest BCUT2D eigenvalue weighted by Gasteiger charge is -2.17. The molecule has 1 rings (SSSR count). The molecule has 0 aromatic heterocycles. The predicted octanol–water partition coefficient (Wildman–Crippen LogP) is 1.97. The summed E-state index contributed by atoms with van der Waals surface area (Å²) in [5.41, 5.74) is 5.82. The minimum Gasteiger partial charge on any atom is -0.398 e. The topological polar surface area (TPSA) is 89.3 Å². The maximum Gasteiger partial charge on any atom is 0.235 e. The Morgan fingerprint density at radius 3 is 2.45 bits per heavy atom. The van der Waals surface area contributed by atoms with E-state index in [2.05, 4.69) is 21.2 Å². The van der Waals surface area contributed by atoms with Crippen molar-refractivity contribution in [2.75, 3.05) is 11.5 Å². The second kappa shape index (κ2) is 6.58. The van der Waals surface area contributed by atoms with E-state index >= 15 is 0 Å². The molecule has 0 saturated heterocycles. The highest BCUT2D eigenvalue weighted by molar-refractivity contribution is 9.10. The number of amides is 1. The van der Waals surface area contributed by atoms with Gasteiger partial charge in [0.25, 0.3) is 0 Å². The van der Waals surface area contributed by atoms with Gasteiger partial charge in [0, 0.05) is 10.5 Å². The number of rotatable bonds is 5. The van der Waals surface area contributed by atoms with Crippen molar-refractivity contribution in [1.82, 2.24) is 5.32 Å². The molecule has 0 aliphatic heterocycles. The summed E-state index contributed by atoms with van der Waals surface area (Å²) >= 11 is 3.21. The molecule has 3 N–H and O–H groups in total. The number of sulfone groups is 1. The average molecular weight is 363 g/mol. The summed E-state index contributed by atoms with van der Waals surface area (Å²) in [6.07, 6.45) is 0. The number of nitrogens with two attached hydrogens (primary N) is 1. The van der Waals surface area contributed by atoms with Gasteiger partial charge in [0.2, 0.25) is 5.91 Å². The van der Waals surface area contributed by atoms with E-state index in [1.165, 1.54) is 12.1 Å². The summed E-state index contributed by atoms with van der Waals surface area (Å²) in [4.78, 5) is 11.8. The first-order chi connectivity index (χ1) is 9.13. The van der Waals surface area contributed by atoms with E-state index in [-0.39, 0.29) is 22.5 Å². The number of nitrogen functional groups attached to an aromatic ring is 1. The van der Waals surface area contributed by atoms with Crippen LogP contribution in [0, 0.1) is 5.92 Å². The van der Waals surface area contributed by atoms with E-state index in [1.807, 2.05) is 20.8 Å². The standard InChI is InChI=1S/C13H19BrN2O3S/c1-8(2)9(3)16-13(17)7-20(18,19)12-5-4-10(14)6-11(12)15/h4-6,8-9H,7,15H2,1-3H3,(H,16,17). The molecule has 0 saturated carbocycles. The van der Waals surface area contributed by atoms with Crippen LogP contribution in [0.3, 0.4) is 0 Å². The van der Waals surface area contributed by atoms with Gasteiger partial charge in [-0.15, -0.1) is 0 Å². The van der Waals surface area contributed by atoms with Crippen LogP contribution in [-0.2, 0) is 14.6 Å². The van der Waals surface area contributed by atoms with E-state index in [4.69, 9.17) is 5.73 Å². The Labute approximate surface area is 128 Å². The van der Waals surface area contributed by atoms with E-state index in [9.17, 15) is 13.2 Å². The van der Waals surface area contributed by atoms with Crippen molar-refractivity contribution in [2.45, 2.75) is 31.7 Å². The molecular weight excluding hydrogens is 344 g/mol. The van der Waals surface area contributed by atoms with Crippen molar-refractivity contribution in [3.63, 3.8) is 0 Å². The smallest absolute Gasteiger partial charge is 0.235 e. The summed E-state index contributed by atoms with van der Waals surface area (Å²) in [5.74, 6) is -0.886. The van der Waals surface area contributed by atoms with Gasteiger partial charge in [0.1, 0.15) is 5.75 Å². The van der Waals surface area contributed by atoms with Gasteiger partial charge in [-0.05, 0) is 31.0 Å². The van der Waals surface area contributed by atoms with Crippen molar-refractivity contribution < 1.29 is 13.2 Å². The lowest BCUT2D eigenvalue weighted by molar-refractivity contribution is -0.119. The average Bonchev–Trinajstić information content (AvgIpc) is 2.26. The monoisotopic (exact) mass is 362 g/mol. The molecule has 1 atom stereocenters. The van der Waals surface area contributed by atoms with Gasteiger partial charge in [-0.25, -0.2) is 8.42 Å². The molecular formula is C13H19BrN2O3S. The van der Waals surface area contributed by atoms with Crippen LogP contribution < -0.4 is 11.1 Å². The molecule has 1 aromatic carbocycles. The second-order valence-corrected chi connectivity index (χ2v) is 7.92. The van der Waals surface area contributed by atoms with Crippen LogP contribution in [0.2, 0.25) is 0 Å². The Morgan fingerprint density at radius 2 is 1.95 bits per heavy atom. The van der Waals surface area contributed by atoms with Gasteiger partial charge >= 0.3 is 0 Å². The third-order valence-electron chi connectivity index (χ3n) is 3.02. The van der Waals surface area contributed by atoms with E-state index < -0.39 is 21.5 Å². The zero-order valence-electron chi connectivity index (χ0n) is 11.7. The van der Waals surface area contributed by atoms with E-state index in [0.717, 1.165) is 0 Å². The van der Waals surface area contributed by atoms with Crippen LogP contribution in [0.15, 0.2) is 27.6 Å². The Morgan fingerprint density at radius 1 is 1.35 bits per heavy atom. The normalized spacial score (nSPS) is 13.2. The molecule has 5 nitrogen and oxygen atoms in total. The summed E-state index contributed by atoms with van der Waals surface area (Å²) in [7, 11) is -3.74. The van der Waals surface area contributed by atoms with Crippen LogP contribution in [0.5, 0.6) is 0 Å². The molecule has 20 heavy (non-hydrogen) atoms. The Kier molecular flexibility index (Phi) is 5.59. The molecule has 0 fully saturated rings. The van der Waals surface area contributed by atoms with Crippen molar-refractivity contribution in [3.05, 3.63) is 22.7 Å². The number of anilines is 1. The Bertz CT molecular complexity index is 600. The van der Waals surface area contributed by atoms with E-state index in [1.54, 1.807) is 6.07 Å². The molecule has 1 amide bonds. The van der Waals surface area contributed by atoms with Gasteiger partial charge in [0.15, 0.2) is 9.84 Å². The minimum absolute atomic E-state index is 0.0203. The number of hydrogen-bond donors (Lipinski definition) is 2. The minimum atomic E-state index is -3.74. The zero-order chi connectivity index (χ0) is 15.5. The second-order valence-electron chi connectivity index (χ2n) is 5.04. The molecule has 0 spiro atoms. The fourth-order valence-electron chi connectivity index (χ4n) is 1.52. The summed E-state index contributed by atoms with van der Waals surface area (Å²) in [5, 5.41) is 2.67. The van der Waals surface area contributed by atoms with Crippen molar-refractivity contribution in [3.8, 4) is 0 Å². The molecule has 0 aliphatic rings. The van der Waals surface area contributed by atoms with Crippen molar-refractivity contribution >= 4 is 37.4 Å². The fraction of sp³-hybridized carbons (Fsp3) is 0.462. The van der Waals surface area contributed by atoms with Crippen LogP contribution in [-0.4, -0.2) is 26.1 Å². The summed E-state index contributed by atoms with van der Waals surface area (Å²) in [6.45, 7) is 5.74. The lowest BCUT2D eigenvalue weighted by Crippen LogP contribution is -2.39. The summed E-state index contributed by atoms with van der Waals surface area (Å²) < 4.78 is 25.0. The summed E-state index contributed by atoms with van der Waals surface area (Å²) in [6, 6.07) is 4.40. The van der Waals surface area contributed by atoms with Crippen LogP contribution in [0.4, 0.5) is 5.69 Å². The number of hydrogen-bond acceptors (Lipinski definition) is 4. The van der Waals surface area contributed by atoms with Crippen molar-refractivity contribution in [1.29, 1.82) is 0 Å². The molecule has 1 aromatic rings. The first kappa shape index (κ1) is 17.0. The predicted molar refractivity (Wildman–Crippen MR) is 83.0 cm³/mol. The van der Waals surface area contributed by atoms with Gasteiger partial charge in [-0.3, -0.25) is 4.79 Å². The highest BCUT2D eigenvalue weighted by Gasteiger charge is 2.23. The SMILES string of the molecule is CC(C)C(C)NC(=O)CS(=O)(=O)c1ccc(Br)cc1N. The van der Waals surface area contributed by atoms with E-state index in [0.29, 0.717) is 4.47 Å². The zero-order valence-corrected chi connectivity index (χ0v) is 14.1. The molecule has 0 radical (unpaired) electrons. The molecule has 0 bridgehead atoms. The third kappa shape index (κ3) is 4.49. The molecule has 0 heterocycles. The number of carbonyl (C=O) groups is 1. The van der Waals surface area contributed by atoms with Crippen LogP contribution >= 0.6 is 15.9 Å². The fourth-order valence-corrected chi connectivity index (χ4v) is 3.17. The highest BCUT2D eigenvalue weighted by atomic mass is 79.9. The quantitative estimate of drug-likeness (QED) is 0.783. The molecule has 0 aliphatic carbocycles. The number of nitrogens with one attached hydrogen (secondary N) is 1. The Hall–Kier alpha value is -1.08. The van der Waals surface area contributed by atoms with Gasteiger partial charge in [-0.1, -0.05) is 29.8 Å². The molecule has 7 heteroatoms. The number of halogens is 1. The highest BCUT2D eigenvalue weighted by Crippen LogP contribution is 2.23. The Balaban J connectivity index is 2.87. The van der Waals surface area contributed by atoms with Crippen molar-refractivity contribution in [2.24, 2.45) is 5.92 Å². The van der Waals surface area contributed by atoms with Crippen LogP contribution in [0.1, 0.15) is 20.8 Å². The first-order valence-electron chi connectivity index (χ1n) is 6.20. The van der Waals surface area contributed by atoms with Gasteiger partial charge in [-0.2, -0.15) is 0 Å².